The maximum Gasteiger partial charge on any atom is 0.0974 e. The lowest BCUT2D eigenvalue weighted by atomic mass is 10.3. The van der Waals surface area contributed by atoms with E-state index in [-0.39, 0.29) is 0 Å². The first-order valence-corrected chi connectivity index (χ1v) is 5.40. The summed E-state index contributed by atoms with van der Waals surface area (Å²) in [4.78, 5) is 4.19. The van der Waals surface area contributed by atoms with Crippen LogP contribution in [-0.4, -0.2) is 4.98 Å². The van der Waals surface area contributed by atoms with E-state index in [1.807, 2.05) is 60.7 Å². The van der Waals surface area contributed by atoms with Gasteiger partial charge in [-0.15, -0.1) is 0 Å². The fourth-order valence-corrected chi connectivity index (χ4v) is 1.29. The van der Waals surface area contributed by atoms with E-state index in [1.165, 1.54) is 0 Å². The number of aromatic nitrogens is 1. The van der Waals surface area contributed by atoms with E-state index < -0.39 is 0 Å². The third kappa shape index (κ3) is 3.95. The molecule has 0 saturated heterocycles. The molecule has 17 heavy (non-hydrogen) atoms. The molecule has 0 saturated carbocycles. The minimum absolute atomic E-state index is 0.955. The fraction of sp³-hybridized carbons (Fsp3) is 0. The molecule has 2 nitrogen and oxygen atoms in total. The Labute approximate surface area is 101 Å². The standard InChI is InChI=1S/C15H13NO/c1(3-7-14-10-12-17-13-14)2-4-8-15-9-5-6-11-16-15/h1-13H. The summed E-state index contributed by atoms with van der Waals surface area (Å²) in [5.41, 5.74) is 2.01. The van der Waals surface area contributed by atoms with Crippen molar-refractivity contribution in [2.45, 2.75) is 0 Å². The molecule has 0 unspecified atom stereocenters. The molecule has 0 fully saturated rings. The van der Waals surface area contributed by atoms with Crippen LogP contribution in [0.3, 0.4) is 0 Å². The molecule has 0 aliphatic heterocycles. The SMILES string of the molecule is C(=CC=Cc1ccccn1)C=Cc1ccoc1. The summed E-state index contributed by atoms with van der Waals surface area (Å²) in [7, 11) is 0. The summed E-state index contributed by atoms with van der Waals surface area (Å²) < 4.78 is 4.95. The van der Waals surface area contributed by atoms with Gasteiger partial charge in [-0.05, 0) is 24.3 Å². The Kier molecular flexibility index (Phi) is 4.12. The Morgan fingerprint density at radius 2 is 1.82 bits per heavy atom. The number of furan rings is 1. The molecule has 0 amide bonds. The first kappa shape index (κ1) is 11.1. The van der Waals surface area contributed by atoms with Crippen LogP contribution >= 0.6 is 0 Å². The van der Waals surface area contributed by atoms with Crippen molar-refractivity contribution in [2.24, 2.45) is 0 Å². The molecule has 0 bridgehead atoms. The van der Waals surface area contributed by atoms with Crippen molar-refractivity contribution in [3.8, 4) is 0 Å². The molecule has 0 radical (unpaired) electrons. The molecule has 2 heteroatoms. The van der Waals surface area contributed by atoms with Gasteiger partial charge in [-0.3, -0.25) is 4.98 Å². The zero-order valence-electron chi connectivity index (χ0n) is 9.36. The van der Waals surface area contributed by atoms with Gasteiger partial charge >= 0.3 is 0 Å². The van der Waals surface area contributed by atoms with Gasteiger partial charge < -0.3 is 4.42 Å². The van der Waals surface area contributed by atoms with E-state index in [1.54, 1.807) is 18.7 Å². The summed E-state index contributed by atoms with van der Waals surface area (Å²) in [6.07, 6.45) is 16.9. The summed E-state index contributed by atoms with van der Waals surface area (Å²) in [5.74, 6) is 0. The second-order valence-corrected chi connectivity index (χ2v) is 3.41. The van der Waals surface area contributed by atoms with E-state index in [9.17, 15) is 0 Å². The van der Waals surface area contributed by atoms with Gasteiger partial charge in [0, 0.05) is 11.8 Å². The van der Waals surface area contributed by atoms with Crippen LogP contribution in [0.2, 0.25) is 0 Å². The molecule has 2 aromatic rings. The average molecular weight is 223 g/mol. The Morgan fingerprint density at radius 3 is 2.53 bits per heavy atom. The first-order valence-electron chi connectivity index (χ1n) is 5.40. The van der Waals surface area contributed by atoms with Gasteiger partial charge in [-0.2, -0.15) is 0 Å². The van der Waals surface area contributed by atoms with Gasteiger partial charge in [0.05, 0.1) is 18.2 Å². The molecule has 0 aliphatic carbocycles. The number of hydrogen-bond acceptors (Lipinski definition) is 2. The lowest BCUT2D eigenvalue weighted by molar-refractivity contribution is 0.567. The van der Waals surface area contributed by atoms with Crippen LogP contribution in [-0.2, 0) is 0 Å². The number of nitrogens with zero attached hydrogens (tertiary/aromatic N) is 1. The van der Waals surface area contributed by atoms with Crippen molar-refractivity contribution in [2.75, 3.05) is 0 Å². The number of allylic oxidation sites excluding steroid dienone is 4. The monoisotopic (exact) mass is 223 g/mol. The highest BCUT2D eigenvalue weighted by Crippen LogP contribution is 2.02. The largest absolute Gasteiger partial charge is 0.472 e. The second kappa shape index (κ2) is 6.28. The minimum atomic E-state index is 0.955. The quantitative estimate of drug-likeness (QED) is 0.733. The molecule has 2 rings (SSSR count). The Hall–Kier alpha value is -2.35. The van der Waals surface area contributed by atoms with Crippen LogP contribution in [0, 0.1) is 0 Å². The van der Waals surface area contributed by atoms with Crippen molar-refractivity contribution in [1.82, 2.24) is 4.98 Å². The number of hydrogen-bond donors (Lipinski definition) is 0. The first-order chi connectivity index (χ1) is 8.45. The Morgan fingerprint density at radius 1 is 0.941 bits per heavy atom. The molecule has 2 heterocycles. The van der Waals surface area contributed by atoms with E-state index in [2.05, 4.69) is 4.98 Å². The Balaban J connectivity index is 1.84. The van der Waals surface area contributed by atoms with Crippen molar-refractivity contribution in [1.29, 1.82) is 0 Å². The maximum absolute atomic E-state index is 4.95. The fourth-order valence-electron chi connectivity index (χ4n) is 1.29. The number of pyridine rings is 1. The highest BCUT2D eigenvalue weighted by molar-refractivity contribution is 5.50. The summed E-state index contributed by atoms with van der Waals surface area (Å²) in [5, 5.41) is 0. The van der Waals surface area contributed by atoms with Gasteiger partial charge in [0.15, 0.2) is 0 Å². The van der Waals surface area contributed by atoms with Crippen molar-refractivity contribution in [3.63, 3.8) is 0 Å². The van der Waals surface area contributed by atoms with E-state index in [4.69, 9.17) is 4.42 Å². The molecule has 0 N–H and O–H groups in total. The van der Waals surface area contributed by atoms with Crippen molar-refractivity contribution >= 4 is 12.2 Å². The van der Waals surface area contributed by atoms with Crippen molar-refractivity contribution < 1.29 is 4.42 Å². The van der Waals surface area contributed by atoms with E-state index in [0.29, 0.717) is 0 Å². The average Bonchev–Trinajstić information content (AvgIpc) is 2.88. The summed E-state index contributed by atoms with van der Waals surface area (Å²) in [6, 6.07) is 7.75. The maximum atomic E-state index is 4.95. The summed E-state index contributed by atoms with van der Waals surface area (Å²) in [6.45, 7) is 0. The van der Waals surface area contributed by atoms with Gasteiger partial charge in [-0.25, -0.2) is 0 Å². The van der Waals surface area contributed by atoms with Gasteiger partial charge in [-0.1, -0.05) is 36.4 Å². The molecule has 0 aliphatic rings. The highest BCUT2D eigenvalue weighted by Gasteiger charge is 1.83. The van der Waals surface area contributed by atoms with Gasteiger partial charge in [0.25, 0.3) is 0 Å². The van der Waals surface area contributed by atoms with Crippen LogP contribution in [0.15, 0.2) is 71.7 Å². The normalized spacial score (nSPS) is 12.0. The predicted octanol–water partition coefficient (Wildman–Crippen LogP) is 3.96. The lowest BCUT2D eigenvalue weighted by Crippen LogP contribution is -1.74. The molecule has 0 spiro atoms. The van der Waals surface area contributed by atoms with Crippen LogP contribution in [0.1, 0.15) is 11.3 Å². The molecule has 0 aromatic carbocycles. The lowest BCUT2D eigenvalue weighted by Gasteiger charge is -1.87. The molecule has 2 aromatic heterocycles. The third-order valence-corrected chi connectivity index (χ3v) is 2.12. The molecule has 84 valence electrons. The van der Waals surface area contributed by atoms with E-state index in [0.717, 1.165) is 11.3 Å². The zero-order chi connectivity index (χ0) is 11.8. The Bertz CT molecular complexity index is 507. The molecular formula is C15H13NO. The van der Waals surface area contributed by atoms with E-state index >= 15 is 0 Å². The third-order valence-electron chi connectivity index (χ3n) is 2.12. The highest BCUT2D eigenvalue weighted by atomic mass is 16.3. The van der Waals surface area contributed by atoms with Crippen molar-refractivity contribution in [3.05, 3.63) is 78.6 Å². The topological polar surface area (TPSA) is 26.0 Å². The zero-order valence-corrected chi connectivity index (χ0v) is 9.36. The van der Waals surface area contributed by atoms with Crippen LogP contribution in [0.25, 0.3) is 12.2 Å². The summed E-state index contributed by atoms with van der Waals surface area (Å²) >= 11 is 0. The van der Waals surface area contributed by atoms with Crippen LogP contribution in [0.4, 0.5) is 0 Å². The molecule has 0 atom stereocenters. The smallest absolute Gasteiger partial charge is 0.0974 e. The number of rotatable bonds is 4. The van der Waals surface area contributed by atoms with Gasteiger partial charge in [0.1, 0.15) is 0 Å². The van der Waals surface area contributed by atoms with Gasteiger partial charge in [0.2, 0.25) is 0 Å². The molecular weight excluding hydrogens is 210 g/mol. The predicted molar refractivity (Wildman–Crippen MR) is 70.2 cm³/mol. The van der Waals surface area contributed by atoms with Crippen LogP contribution < -0.4 is 0 Å². The second-order valence-electron chi connectivity index (χ2n) is 3.41. The minimum Gasteiger partial charge on any atom is -0.472 e. The van der Waals surface area contributed by atoms with Crippen LogP contribution in [0.5, 0.6) is 0 Å².